The van der Waals surface area contributed by atoms with Crippen LogP contribution in [0.3, 0.4) is 0 Å². The molecule has 0 atom stereocenters. The van der Waals surface area contributed by atoms with Crippen molar-refractivity contribution in [3.8, 4) is 0 Å². The Balaban J connectivity index is 3.10. The van der Waals surface area contributed by atoms with E-state index in [0.717, 1.165) is 12.8 Å². The van der Waals surface area contributed by atoms with Gasteiger partial charge >= 0.3 is 5.97 Å². The molecule has 0 unspecified atom stereocenters. The minimum atomic E-state index is -0.0338. The van der Waals surface area contributed by atoms with Gasteiger partial charge in [-0.15, -0.1) is 0 Å². The fourth-order valence-electron chi connectivity index (χ4n) is 3.17. The van der Waals surface area contributed by atoms with Gasteiger partial charge in [0.2, 0.25) is 0 Å². The van der Waals surface area contributed by atoms with Crippen molar-refractivity contribution in [1.29, 1.82) is 0 Å². The number of hydrogen-bond acceptors (Lipinski definition) is 2. The summed E-state index contributed by atoms with van der Waals surface area (Å²) in [6.45, 7) is 4.90. The lowest BCUT2D eigenvalue weighted by atomic mass is 10.1. The van der Waals surface area contributed by atoms with Crippen LogP contribution < -0.4 is 0 Å². The average Bonchev–Trinajstić information content (AvgIpc) is 2.64. The van der Waals surface area contributed by atoms with Crippen LogP contribution in [0.2, 0.25) is 0 Å². The van der Waals surface area contributed by atoms with Crippen LogP contribution in [0, 0.1) is 0 Å². The van der Waals surface area contributed by atoms with Crippen molar-refractivity contribution in [3.63, 3.8) is 0 Å². The third-order valence-electron chi connectivity index (χ3n) is 4.87. The first kappa shape index (κ1) is 25.2. The number of carbonyl (C=O) groups is 1. The standard InChI is InChI=1S/C24H46O2/c1-3-5-6-7-8-9-10-11-12-13-14-15-16-17-18-19-20-21-23-26-24(25)22-4-2/h11-12H,3-10,13-23H2,1-2H3. The maximum Gasteiger partial charge on any atom is 0.305 e. The van der Waals surface area contributed by atoms with Gasteiger partial charge in [-0.3, -0.25) is 4.79 Å². The third-order valence-corrected chi connectivity index (χ3v) is 4.87. The van der Waals surface area contributed by atoms with Crippen molar-refractivity contribution < 1.29 is 9.53 Å². The molecule has 0 spiro atoms. The summed E-state index contributed by atoms with van der Waals surface area (Å²) >= 11 is 0. The maximum atomic E-state index is 11.2. The van der Waals surface area contributed by atoms with E-state index in [2.05, 4.69) is 19.1 Å². The molecule has 0 rings (SSSR count). The van der Waals surface area contributed by atoms with Gasteiger partial charge in [0, 0.05) is 6.42 Å². The van der Waals surface area contributed by atoms with Gasteiger partial charge in [0.25, 0.3) is 0 Å². The summed E-state index contributed by atoms with van der Waals surface area (Å²) in [6, 6.07) is 0. The molecule has 0 aromatic rings. The molecule has 0 bridgehead atoms. The molecule has 0 saturated heterocycles. The average molecular weight is 367 g/mol. The van der Waals surface area contributed by atoms with Crippen LogP contribution in [0.4, 0.5) is 0 Å². The molecule has 0 aromatic heterocycles. The molecule has 0 aliphatic heterocycles. The quantitative estimate of drug-likeness (QED) is 0.123. The van der Waals surface area contributed by atoms with Crippen LogP contribution >= 0.6 is 0 Å². The first-order valence-electron chi connectivity index (χ1n) is 11.6. The second-order valence-electron chi connectivity index (χ2n) is 7.62. The lowest BCUT2D eigenvalue weighted by Crippen LogP contribution is -2.04. The van der Waals surface area contributed by atoms with Crippen molar-refractivity contribution in [2.24, 2.45) is 0 Å². The Bertz CT molecular complexity index is 309. The van der Waals surface area contributed by atoms with E-state index >= 15 is 0 Å². The van der Waals surface area contributed by atoms with Crippen LogP contribution in [-0.4, -0.2) is 12.6 Å². The van der Waals surface area contributed by atoms with Crippen molar-refractivity contribution in [1.82, 2.24) is 0 Å². The number of unbranched alkanes of at least 4 members (excludes halogenated alkanes) is 14. The van der Waals surface area contributed by atoms with E-state index in [1.165, 1.54) is 96.3 Å². The molecule has 0 aliphatic carbocycles. The monoisotopic (exact) mass is 366 g/mol. The van der Waals surface area contributed by atoms with Gasteiger partial charge in [0.1, 0.15) is 0 Å². The Hall–Kier alpha value is -0.790. The van der Waals surface area contributed by atoms with Gasteiger partial charge in [0.15, 0.2) is 0 Å². The maximum absolute atomic E-state index is 11.2. The van der Waals surface area contributed by atoms with Gasteiger partial charge in [-0.2, -0.15) is 0 Å². The van der Waals surface area contributed by atoms with Gasteiger partial charge in [-0.1, -0.05) is 96.6 Å². The van der Waals surface area contributed by atoms with Crippen LogP contribution in [0.1, 0.15) is 129 Å². The second kappa shape index (κ2) is 22.3. The van der Waals surface area contributed by atoms with Crippen LogP contribution in [-0.2, 0) is 9.53 Å². The Morgan fingerprint density at radius 1 is 0.615 bits per heavy atom. The molecule has 0 fully saturated rings. The van der Waals surface area contributed by atoms with E-state index in [-0.39, 0.29) is 5.97 Å². The predicted octanol–water partition coefficient (Wildman–Crippen LogP) is 8.15. The lowest BCUT2D eigenvalue weighted by molar-refractivity contribution is -0.143. The second-order valence-corrected chi connectivity index (χ2v) is 7.62. The van der Waals surface area contributed by atoms with Gasteiger partial charge in [0.05, 0.1) is 6.61 Å². The number of rotatable bonds is 20. The van der Waals surface area contributed by atoms with Gasteiger partial charge < -0.3 is 4.74 Å². The largest absolute Gasteiger partial charge is 0.466 e. The van der Waals surface area contributed by atoms with Crippen molar-refractivity contribution in [2.45, 2.75) is 129 Å². The molecule has 0 radical (unpaired) electrons. The molecule has 0 aromatic carbocycles. The zero-order valence-electron chi connectivity index (χ0n) is 17.9. The Morgan fingerprint density at radius 2 is 1.08 bits per heavy atom. The summed E-state index contributed by atoms with van der Waals surface area (Å²) in [5.74, 6) is -0.0338. The Labute approximate surface area is 164 Å². The highest BCUT2D eigenvalue weighted by molar-refractivity contribution is 5.69. The van der Waals surface area contributed by atoms with E-state index in [4.69, 9.17) is 4.74 Å². The molecule has 0 aliphatic rings. The highest BCUT2D eigenvalue weighted by Gasteiger charge is 1.99. The first-order chi connectivity index (χ1) is 12.8. The first-order valence-corrected chi connectivity index (χ1v) is 11.6. The highest BCUT2D eigenvalue weighted by Crippen LogP contribution is 2.11. The summed E-state index contributed by atoms with van der Waals surface area (Å²) in [6.07, 6.45) is 27.4. The van der Waals surface area contributed by atoms with E-state index in [9.17, 15) is 4.79 Å². The summed E-state index contributed by atoms with van der Waals surface area (Å²) in [4.78, 5) is 11.2. The minimum absolute atomic E-state index is 0.0338. The highest BCUT2D eigenvalue weighted by atomic mass is 16.5. The van der Waals surface area contributed by atoms with Crippen molar-refractivity contribution in [3.05, 3.63) is 12.2 Å². The minimum Gasteiger partial charge on any atom is -0.466 e. The van der Waals surface area contributed by atoms with E-state index in [1.807, 2.05) is 6.92 Å². The number of esters is 1. The van der Waals surface area contributed by atoms with Crippen LogP contribution in [0.15, 0.2) is 12.2 Å². The van der Waals surface area contributed by atoms with Crippen LogP contribution in [0.25, 0.3) is 0 Å². The molecule has 0 amide bonds. The molecule has 2 heteroatoms. The number of hydrogen-bond donors (Lipinski definition) is 0. The summed E-state index contributed by atoms with van der Waals surface area (Å²) < 4.78 is 5.17. The third kappa shape index (κ3) is 21.3. The topological polar surface area (TPSA) is 26.3 Å². The fourth-order valence-corrected chi connectivity index (χ4v) is 3.17. The zero-order valence-corrected chi connectivity index (χ0v) is 17.9. The Morgan fingerprint density at radius 3 is 1.58 bits per heavy atom. The normalized spacial score (nSPS) is 11.3. The fraction of sp³-hybridized carbons (Fsp3) is 0.875. The number of carbonyl (C=O) groups excluding carboxylic acids is 1. The molecular weight excluding hydrogens is 320 g/mol. The number of allylic oxidation sites excluding steroid dienone is 2. The number of ether oxygens (including phenoxy) is 1. The smallest absolute Gasteiger partial charge is 0.305 e. The molecule has 0 heterocycles. The summed E-state index contributed by atoms with van der Waals surface area (Å²) in [5.41, 5.74) is 0. The summed E-state index contributed by atoms with van der Waals surface area (Å²) in [7, 11) is 0. The SMILES string of the molecule is CCCCCCCCC=CCCCCCCCCCCOC(=O)CCC. The molecule has 154 valence electrons. The predicted molar refractivity (Wildman–Crippen MR) is 115 cm³/mol. The van der Waals surface area contributed by atoms with E-state index in [0.29, 0.717) is 13.0 Å². The summed E-state index contributed by atoms with van der Waals surface area (Å²) in [5, 5.41) is 0. The van der Waals surface area contributed by atoms with Crippen LogP contribution in [0.5, 0.6) is 0 Å². The van der Waals surface area contributed by atoms with E-state index in [1.54, 1.807) is 0 Å². The molecule has 0 N–H and O–H groups in total. The Kier molecular flexibility index (Phi) is 21.6. The van der Waals surface area contributed by atoms with Gasteiger partial charge in [-0.25, -0.2) is 0 Å². The molecular formula is C24H46O2. The van der Waals surface area contributed by atoms with E-state index < -0.39 is 0 Å². The molecule has 26 heavy (non-hydrogen) atoms. The zero-order chi connectivity index (χ0) is 19.1. The molecule has 2 nitrogen and oxygen atoms in total. The van der Waals surface area contributed by atoms with Gasteiger partial charge in [-0.05, 0) is 38.5 Å². The van der Waals surface area contributed by atoms with Crippen molar-refractivity contribution >= 4 is 5.97 Å². The van der Waals surface area contributed by atoms with Crippen molar-refractivity contribution in [2.75, 3.05) is 6.61 Å². The lowest BCUT2D eigenvalue weighted by Gasteiger charge is -2.04. The molecule has 0 saturated carbocycles.